The lowest BCUT2D eigenvalue weighted by Crippen LogP contribution is -2.49. The minimum absolute atomic E-state index is 0.196. The molecule has 0 aromatic heterocycles. The van der Waals surface area contributed by atoms with Crippen LogP contribution in [0.5, 0.6) is 0 Å². The normalized spacial score (nSPS) is 27.2. The Hall–Kier alpha value is -0.210. The van der Waals surface area contributed by atoms with Crippen LogP contribution in [0.15, 0.2) is 0 Å². The largest absolute Gasteiger partial charge is 0.379 e. The van der Waals surface area contributed by atoms with Gasteiger partial charge >= 0.3 is 0 Å². The minimum atomic E-state index is -3.20. The fraction of sp³-hybridized carbons (Fsp3) is 1.00. The lowest BCUT2D eigenvalue weighted by atomic mass is 10.0. The van der Waals surface area contributed by atoms with E-state index in [-0.39, 0.29) is 5.75 Å². The zero-order chi connectivity index (χ0) is 12.8. The summed E-state index contributed by atoms with van der Waals surface area (Å²) in [6, 6.07) is 0.361. The summed E-state index contributed by atoms with van der Waals surface area (Å²) in [5.74, 6) is 0.196. The van der Waals surface area contributed by atoms with Gasteiger partial charge in [0.05, 0.1) is 19.0 Å². The molecule has 2 fully saturated rings. The number of nitrogens with zero attached hydrogens (tertiary/aromatic N) is 1. The fourth-order valence-electron chi connectivity index (χ4n) is 2.36. The maximum Gasteiger partial charge on any atom is 0.224 e. The molecular formula is C11H23N3O3S. The van der Waals surface area contributed by atoms with Crippen molar-refractivity contribution in [3.8, 4) is 0 Å². The van der Waals surface area contributed by atoms with E-state index in [1.165, 1.54) is 12.8 Å². The molecule has 0 radical (unpaired) electrons. The van der Waals surface area contributed by atoms with Crippen LogP contribution in [-0.4, -0.2) is 58.1 Å². The van der Waals surface area contributed by atoms with Crippen molar-refractivity contribution >= 4 is 10.0 Å². The zero-order valence-corrected chi connectivity index (χ0v) is 11.5. The summed E-state index contributed by atoms with van der Waals surface area (Å²) < 4.78 is 29.0. The Labute approximate surface area is 109 Å². The zero-order valence-electron chi connectivity index (χ0n) is 10.7. The second-order valence-electron chi connectivity index (χ2n) is 4.95. The van der Waals surface area contributed by atoms with E-state index in [0.717, 1.165) is 13.0 Å². The number of nitrogens with one attached hydrogen (secondary N) is 2. The molecule has 0 spiro atoms. The molecule has 0 aromatic rings. The molecule has 2 rings (SSSR count). The molecule has 18 heavy (non-hydrogen) atoms. The predicted molar refractivity (Wildman–Crippen MR) is 69.6 cm³/mol. The van der Waals surface area contributed by atoms with Crippen molar-refractivity contribution in [3.05, 3.63) is 0 Å². The van der Waals surface area contributed by atoms with Crippen LogP contribution < -0.4 is 10.1 Å². The Morgan fingerprint density at radius 3 is 2.72 bits per heavy atom. The van der Waals surface area contributed by atoms with Crippen LogP contribution in [0.1, 0.15) is 25.7 Å². The number of ether oxygens (including phenoxy) is 1. The van der Waals surface area contributed by atoms with E-state index < -0.39 is 10.0 Å². The molecule has 1 atom stereocenters. The average Bonchev–Trinajstić information content (AvgIpc) is 2.38. The maximum atomic E-state index is 11.9. The average molecular weight is 277 g/mol. The van der Waals surface area contributed by atoms with E-state index >= 15 is 0 Å². The lowest BCUT2D eigenvalue weighted by molar-refractivity contribution is 0.0272. The van der Waals surface area contributed by atoms with Gasteiger partial charge in [0.15, 0.2) is 0 Å². The first kappa shape index (κ1) is 14.2. The molecule has 0 saturated carbocycles. The Kier molecular flexibility index (Phi) is 5.38. The summed E-state index contributed by atoms with van der Waals surface area (Å²) in [6.07, 6.45) is 4.19. The monoisotopic (exact) mass is 277 g/mol. The third kappa shape index (κ3) is 4.81. The molecule has 1 unspecified atom stereocenters. The minimum Gasteiger partial charge on any atom is -0.379 e. The molecule has 2 heterocycles. The molecule has 2 saturated heterocycles. The van der Waals surface area contributed by atoms with Crippen molar-refractivity contribution in [2.24, 2.45) is 0 Å². The van der Waals surface area contributed by atoms with Crippen LogP contribution in [0, 0.1) is 0 Å². The third-order valence-corrected chi connectivity index (χ3v) is 4.74. The number of hydrogen-bond acceptors (Lipinski definition) is 5. The van der Waals surface area contributed by atoms with E-state index in [0.29, 0.717) is 38.8 Å². The standard InChI is InChI=1S/C11H23N3O3S/c15-18(16,13-14-6-8-17-9-7-14)10-4-11-3-1-2-5-12-11/h11-13H,1-10H2. The highest BCUT2D eigenvalue weighted by molar-refractivity contribution is 7.89. The first-order valence-electron chi connectivity index (χ1n) is 6.72. The predicted octanol–water partition coefficient (Wildman–Crippen LogP) is -0.315. The second kappa shape index (κ2) is 6.81. The van der Waals surface area contributed by atoms with Gasteiger partial charge in [-0.15, -0.1) is 4.83 Å². The molecule has 106 valence electrons. The number of piperidine rings is 1. The van der Waals surface area contributed by atoms with Gasteiger partial charge in [-0.25, -0.2) is 13.4 Å². The van der Waals surface area contributed by atoms with Crippen molar-refractivity contribution in [1.29, 1.82) is 0 Å². The Balaban J connectivity index is 1.72. The molecule has 0 bridgehead atoms. The summed E-state index contributed by atoms with van der Waals surface area (Å²) in [5, 5.41) is 5.10. The highest BCUT2D eigenvalue weighted by Gasteiger charge is 2.20. The van der Waals surface area contributed by atoms with Gasteiger partial charge < -0.3 is 10.1 Å². The lowest BCUT2D eigenvalue weighted by Gasteiger charge is -2.27. The maximum absolute atomic E-state index is 11.9. The first-order chi connectivity index (χ1) is 8.66. The van der Waals surface area contributed by atoms with Crippen molar-refractivity contribution in [3.63, 3.8) is 0 Å². The van der Waals surface area contributed by atoms with Gasteiger partial charge in [0.1, 0.15) is 0 Å². The summed E-state index contributed by atoms with van der Waals surface area (Å²) in [5.41, 5.74) is 0. The molecule has 0 aromatic carbocycles. The van der Waals surface area contributed by atoms with Gasteiger partial charge in [0.25, 0.3) is 0 Å². The number of morpholine rings is 1. The van der Waals surface area contributed by atoms with Crippen molar-refractivity contribution in [1.82, 2.24) is 15.2 Å². The summed E-state index contributed by atoms with van der Waals surface area (Å²) >= 11 is 0. The number of rotatable bonds is 5. The molecule has 2 N–H and O–H groups in total. The smallest absolute Gasteiger partial charge is 0.224 e. The van der Waals surface area contributed by atoms with Crippen molar-refractivity contribution < 1.29 is 13.2 Å². The highest BCUT2D eigenvalue weighted by Crippen LogP contribution is 2.11. The van der Waals surface area contributed by atoms with Crippen LogP contribution in [-0.2, 0) is 14.8 Å². The van der Waals surface area contributed by atoms with E-state index in [2.05, 4.69) is 10.1 Å². The quantitative estimate of drug-likeness (QED) is 0.721. The Morgan fingerprint density at radius 1 is 1.28 bits per heavy atom. The van der Waals surface area contributed by atoms with Crippen LogP contribution in [0.3, 0.4) is 0 Å². The van der Waals surface area contributed by atoms with E-state index in [1.807, 2.05) is 0 Å². The van der Waals surface area contributed by atoms with Gasteiger partial charge in [0.2, 0.25) is 10.0 Å². The Morgan fingerprint density at radius 2 is 2.06 bits per heavy atom. The Bertz CT molecular complexity index is 335. The van der Waals surface area contributed by atoms with Crippen molar-refractivity contribution in [2.75, 3.05) is 38.6 Å². The molecule has 0 aliphatic carbocycles. The number of sulfonamides is 1. The molecule has 6 nitrogen and oxygen atoms in total. The van der Waals surface area contributed by atoms with Crippen LogP contribution in [0.25, 0.3) is 0 Å². The molecule has 0 amide bonds. The van der Waals surface area contributed by atoms with E-state index in [1.54, 1.807) is 5.01 Å². The third-order valence-electron chi connectivity index (χ3n) is 3.43. The van der Waals surface area contributed by atoms with Gasteiger partial charge in [0, 0.05) is 19.1 Å². The second-order valence-corrected chi connectivity index (χ2v) is 6.77. The van der Waals surface area contributed by atoms with E-state index in [9.17, 15) is 8.42 Å². The van der Waals surface area contributed by atoms with Gasteiger partial charge in [-0.3, -0.25) is 0 Å². The molecular weight excluding hydrogens is 254 g/mol. The topological polar surface area (TPSA) is 70.7 Å². The van der Waals surface area contributed by atoms with Crippen LogP contribution in [0.2, 0.25) is 0 Å². The molecule has 2 aliphatic heterocycles. The highest BCUT2D eigenvalue weighted by atomic mass is 32.2. The van der Waals surface area contributed by atoms with Gasteiger partial charge in [-0.1, -0.05) is 6.42 Å². The van der Waals surface area contributed by atoms with Crippen molar-refractivity contribution in [2.45, 2.75) is 31.7 Å². The SMILES string of the molecule is O=S(=O)(CCC1CCCCN1)NN1CCOCC1. The number of hydrogen-bond donors (Lipinski definition) is 2. The summed E-state index contributed by atoms with van der Waals surface area (Å²) in [6.45, 7) is 3.45. The molecule has 2 aliphatic rings. The van der Waals surface area contributed by atoms with Gasteiger partial charge in [-0.2, -0.15) is 0 Å². The molecule has 7 heteroatoms. The number of hydrazine groups is 1. The summed E-state index contributed by atoms with van der Waals surface area (Å²) in [7, 11) is -3.20. The van der Waals surface area contributed by atoms with E-state index in [4.69, 9.17) is 4.74 Å². The summed E-state index contributed by atoms with van der Waals surface area (Å²) in [4.78, 5) is 2.63. The fourth-order valence-corrected chi connectivity index (χ4v) is 3.63. The first-order valence-corrected chi connectivity index (χ1v) is 8.37. The van der Waals surface area contributed by atoms with Crippen LogP contribution >= 0.6 is 0 Å². The van der Waals surface area contributed by atoms with Gasteiger partial charge in [-0.05, 0) is 25.8 Å². The van der Waals surface area contributed by atoms with Crippen LogP contribution in [0.4, 0.5) is 0 Å².